The molecule has 0 radical (unpaired) electrons. The largest absolute Gasteiger partial charge is 0.374 e. The molecule has 0 aliphatic carbocycles. The first kappa shape index (κ1) is 15.7. The van der Waals surface area contributed by atoms with E-state index in [2.05, 4.69) is 21.9 Å². The number of rotatable bonds is 5. The van der Waals surface area contributed by atoms with Gasteiger partial charge in [-0.2, -0.15) is 11.8 Å². The summed E-state index contributed by atoms with van der Waals surface area (Å²) in [6.45, 7) is 3.02. The monoisotopic (exact) mass is 328 g/mol. The number of hydrogen-bond acceptors (Lipinski definition) is 7. The number of thioether (sulfide) groups is 1. The standard InChI is InChI=1S/C14H24N4OS2/c1-2-3-11-13(21-18-17-11)12(16-15)10-4-6-19-14(8-10)5-7-20-9-14/h10,12,16H,2-9,15H2,1H3. The lowest BCUT2D eigenvalue weighted by Gasteiger charge is -2.40. The molecule has 0 saturated carbocycles. The third-order valence-electron chi connectivity index (χ3n) is 4.60. The molecule has 3 N–H and O–H groups in total. The van der Waals surface area contributed by atoms with Crippen LogP contribution >= 0.6 is 23.3 Å². The average Bonchev–Trinajstić information content (AvgIpc) is 3.12. The highest BCUT2D eigenvalue weighted by molar-refractivity contribution is 7.99. The molecule has 1 aromatic rings. The Morgan fingerprint density at radius 2 is 2.48 bits per heavy atom. The van der Waals surface area contributed by atoms with Gasteiger partial charge in [0.05, 0.1) is 22.2 Å². The Bertz CT molecular complexity index is 462. The van der Waals surface area contributed by atoms with Crippen molar-refractivity contribution in [2.24, 2.45) is 11.8 Å². The second-order valence-electron chi connectivity index (χ2n) is 6.07. The van der Waals surface area contributed by atoms with Gasteiger partial charge in [-0.15, -0.1) is 5.10 Å². The molecular formula is C14H24N4OS2. The molecule has 2 fully saturated rings. The van der Waals surface area contributed by atoms with Crippen molar-refractivity contribution >= 4 is 23.3 Å². The van der Waals surface area contributed by atoms with Gasteiger partial charge < -0.3 is 4.74 Å². The van der Waals surface area contributed by atoms with Crippen molar-refractivity contribution < 1.29 is 4.74 Å². The number of nitrogens with zero attached hydrogens (tertiary/aromatic N) is 2. The van der Waals surface area contributed by atoms with Gasteiger partial charge >= 0.3 is 0 Å². The Morgan fingerprint density at radius 1 is 1.57 bits per heavy atom. The smallest absolute Gasteiger partial charge is 0.0804 e. The van der Waals surface area contributed by atoms with Crippen LogP contribution < -0.4 is 11.3 Å². The molecular weight excluding hydrogens is 304 g/mol. The van der Waals surface area contributed by atoms with Crippen molar-refractivity contribution in [1.82, 2.24) is 15.0 Å². The van der Waals surface area contributed by atoms with Crippen LogP contribution in [0, 0.1) is 5.92 Å². The van der Waals surface area contributed by atoms with E-state index in [1.165, 1.54) is 28.6 Å². The molecule has 21 heavy (non-hydrogen) atoms. The van der Waals surface area contributed by atoms with Gasteiger partial charge in [-0.3, -0.25) is 11.3 Å². The number of aryl methyl sites for hydroxylation is 1. The fourth-order valence-electron chi connectivity index (χ4n) is 3.50. The molecule has 0 bridgehead atoms. The molecule has 0 amide bonds. The van der Waals surface area contributed by atoms with Crippen LogP contribution in [-0.2, 0) is 11.2 Å². The van der Waals surface area contributed by atoms with E-state index < -0.39 is 0 Å². The minimum absolute atomic E-state index is 0.0890. The molecule has 1 spiro atoms. The van der Waals surface area contributed by atoms with Gasteiger partial charge in [-0.1, -0.05) is 17.8 Å². The van der Waals surface area contributed by atoms with E-state index in [1.807, 2.05) is 11.8 Å². The van der Waals surface area contributed by atoms with E-state index in [4.69, 9.17) is 10.6 Å². The molecule has 0 aromatic carbocycles. The number of aromatic nitrogens is 2. The van der Waals surface area contributed by atoms with E-state index in [0.29, 0.717) is 5.92 Å². The van der Waals surface area contributed by atoms with E-state index >= 15 is 0 Å². The Hall–Kier alpha value is -0.210. The molecule has 2 saturated heterocycles. The van der Waals surface area contributed by atoms with Crippen LogP contribution in [0.15, 0.2) is 0 Å². The summed E-state index contributed by atoms with van der Waals surface area (Å²) in [5.74, 6) is 8.76. The van der Waals surface area contributed by atoms with Gasteiger partial charge in [0, 0.05) is 12.4 Å². The lowest BCUT2D eigenvalue weighted by molar-refractivity contribution is -0.0853. The summed E-state index contributed by atoms with van der Waals surface area (Å²) in [5.41, 5.74) is 4.25. The van der Waals surface area contributed by atoms with E-state index in [1.54, 1.807) is 0 Å². The highest BCUT2D eigenvalue weighted by atomic mass is 32.2. The van der Waals surface area contributed by atoms with Gasteiger partial charge in [-0.25, -0.2) is 0 Å². The highest BCUT2D eigenvalue weighted by Gasteiger charge is 2.43. The number of hydrazine groups is 1. The molecule has 2 aliphatic heterocycles. The fraction of sp³-hybridized carbons (Fsp3) is 0.857. The van der Waals surface area contributed by atoms with Gasteiger partial charge in [0.15, 0.2) is 0 Å². The quantitative estimate of drug-likeness (QED) is 0.638. The lowest BCUT2D eigenvalue weighted by atomic mass is 9.80. The van der Waals surface area contributed by atoms with Crippen LogP contribution in [0.1, 0.15) is 49.2 Å². The maximum absolute atomic E-state index is 6.13. The highest BCUT2D eigenvalue weighted by Crippen LogP contribution is 2.44. The third-order valence-corrected chi connectivity index (χ3v) is 6.68. The van der Waals surface area contributed by atoms with Gasteiger partial charge in [0.25, 0.3) is 0 Å². The predicted octanol–water partition coefficient (Wildman–Crippen LogP) is 2.30. The Morgan fingerprint density at radius 3 is 3.19 bits per heavy atom. The molecule has 118 valence electrons. The molecule has 1 aromatic heterocycles. The summed E-state index contributed by atoms with van der Waals surface area (Å²) in [4.78, 5) is 1.23. The summed E-state index contributed by atoms with van der Waals surface area (Å²) in [6, 6.07) is 0.165. The SMILES string of the molecule is CCCc1nnsc1C(NN)C1CCOC2(CCSC2)C1. The Labute approximate surface area is 134 Å². The van der Waals surface area contributed by atoms with Crippen molar-refractivity contribution in [2.75, 3.05) is 18.1 Å². The second-order valence-corrected chi connectivity index (χ2v) is 7.96. The van der Waals surface area contributed by atoms with Crippen molar-refractivity contribution in [2.45, 2.75) is 50.7 Å². The van der Waals surface area contributed by atoms with Crippen molar-refractivity contribution in [1.29, 1.82) is 0 Å². The zero-order chi connectivity index (χ0) is 14.7. The molecule has 5 nitrogen and oxygen atoms in total. The second kappa shape index (κ2) is 6.91. The van der Waals surface area contributed by atoms with Crippen LogP contribution in [0.5, 0.6) is 0 Å². The van der Waals surface area contributed by atoms with Crippen LogP contribution in [0.4, 0.5) is 0 Å². The summed E-state index contributed by atoms with van der Waals surface area (Å²) >= 11 is 3.51. The zero-order valence-electron chi connectivity index (χ0n) is 12.5. The number of ether oxygens (including phenoxy) is 1. The Kier molecular flexibility index (Phi) is 5.16. The van der Waals surface area contributed by atoms with Crippen LogP contribution in [-0.4, -0.2) is 33.3 Å². The lowest BCUT2D eigenvalue weighted by Crippen LogP contribution is -2.45. The van der Waals surface area contributed by atoms with E-state index in [9.17, 15) is 0 Å². The van der Waals surface area contributed by atoms with Gasteiger partial charge in [0.2, 0.25) is 0 Å². The predicted molar refractivity (Wildman–Crippen MR) is 87.3 cm³/mol. The van der Waals surface area contributed by atoms with E-state index in [-0.39, 0.29) is 11.6 Å². The average molecular weight is 329 g/mol. The first-order valence-electron chi connectivity index (χ1n) is 7.77. The molecule has 3 atom stereocenters. The maximum Gasteiger partial charge on any atom is 0.0804 e. The van der Waals surface area contributed by atoms with Crippen molar-refractivity contribution in [3.8, 4) is 0 Å². The summed E-state index contributed by atoms with van der Waals surface area (Å²) < 4.78 is 10.3. The molecule has 3 unspecified atom stereocenters. The molecule has 3 rings (SSSR count). The summed E-state index contributed by atoms with van der Waals surface area (Å²) in [7, 11) is 0. The number of nitrogens with one attached hydrogen (secondary N) is 1. The van der Waals surface area contributed by atoms with Crippen molar-refractivity contribution in [3.05, 3.63) is 10.6 Å². The minimum atomic E-state index is 0.0890. The topological polar surface area (TPSA) is 73.1 Å². The summed E-state index contributed by atoms with van der Waals surface area (Å²) in [5, 5.41) is 4.30. The van der Waals surface area contributed by atoms with E-state index in [0.717, 1.165) is 43.7 Å². The van der Waals surface area contributed by atoms with Crippen molar-refractivity contribution in [3.63, 3.8) is 0 Å². The number of hydrogen-bond donors (Lipinski definition) is 2. The number of nitrogens with two attached hydrogens (primary N) is 1. The normalized spacial score (nSPS) is 30.9. The van der Waals surface area contributed by atoms with Crippen LogP contribution in [0.25, 0.3) is 0 Å². The zero-order valence-corrected chi connectivity index (χ0v) is 14.1. The maximum atomic E-state index is 6.13. The van der Waals surface area contributed by atoms with Crippen LogP contribution in [0.2, 0.25) is 0 Å². The third kappa shape index (κ3) is 3.27. The minimum Gasteiger partial charge on any atom is -0.374 e. The Balaban J connectivity index is 1.77. The van der Waals surface area contributed by atoms with Gasteiger partial charge in [0.1, 0.15) is 0 Å². The molecule has 7 heteroatoms. The first-order chi connectivity index (χ1) is 10.3. The fourth-order valence-corrected chi connectivity index (χ4v) is 5.73. The molecule has 3 heterocycles. The molecule has 2 aliphatic rings. The first-order valence-corrected chi connectivity index (χ1v) is 9.70. The summed E-state index contributed by atoms with van der Waals surface area (Å²) in [6.07, 6.45) is 5.40. The van der Waals surface area contributed by atoms with Gasteiger partial charge in [-0.05, 0) is 48.9 Å². The van der Waals surface area contributed by atoms with Crippen LogP contribution in [0.3, 0.4) is 0 Å².